The van der Waals surface area contributed by atoms with Crippen LogP contribution in [-0.4, -0.2) is 19.2 Å². The summed E-state index contributed by atoms with van der Waals surface area (Å²) < 4.78 is 5.78. The van der Waals surface area contributed by atoms with Crippen molar-refractivity contribution in [3.63, 3.8) is 0 Å². The number of aryl methyl sites for hydroxylation is 1. The van der Waals surface area contributed by atoms with Crippen molar-refractivity contribution in [3.8, 4) is 5.75 Å². The fourth-order valence-electron chi connectivity index (χ4n) is 1.94. The summed E-state index contributed by atoms with van der Waals surface area (Å²) in [7, 11) is 0. The molecule has 0 fully saturated rings. The van der Waals surface area contributed by atoms with E-state index in [0.29, 0.717) is 6.10 Å². The lowest BCUT2D eigenvalue weighted by molar-refractivity contribution is 0.213. The van der Waals surface area contributed by atoms with Crippen molar-refractivity contribution in [2.24, 2.45) is 0 Å². The van der Waals surface area contributed by atoms with Crippen molar-refractivity contribution in [2.75, 3.05) is 18.0 Å². The molecule has 1 aliphatic rings. The van der Waals surface area contributed by atoms with Crippen LogP contribution in [0.1, 0.15) is 19.4 Å². The van der Waals surface area contributed by atoms with Crippen molar-refractivity contribution < 1.29 is 4.74 Å². The summed E-state index contributed by atoms with van der Waals surface area (Å²) >= 11 is 0. The zero-order chi connectivity index (χ0) is 10.1. The molecule has 2 nitrogen and oxygen atoms in total. The summed E-state index contributed by atoms with van der Waals surface area (Å²) in [5.74, 6) is 1.02. The van der Waals surface area contributed by atoms with Crippen LogP contribution >= 0.6 is 0 Å². The van der Waals surface area contributed by atoms with E-state index in [9.17, 15) is 0 Å². The number of anilines is 1. The number of nitrogens with zero attached hydrogens (tertiary/aromatic N) is 1. The molecule has 2 heteroatoms. The Hall–Kier alpha value is -1.18. The average Bonchev–Trinajstić information content (AvgIpc) is 2.17. The molecule has 0 bridgehead atoms. The lowest BCUT2D eigenvalue weighted by Gasteiger charge is -2.34. The van der Waals surface area contributed by atoms with E-state index >= 15 is 0 Å². The molecule has 2 rings (SSSR count). The minimum absolute atomic E-state index is 0.296. The third-order valence-electron chi connectivity index (χ3n) is 2.64. The first-order valence-electron chi connectivity index (χ1n) is 5.23. The number of likely N-dealkylation sites (N-methyl/N-ethyl adjacent to an activating group) is 1. The van der Waals surface area contributed by atoms with E-state index in [1.54, 1.807) is 0 Å². The summed E-state index contributed by atoms with van der Waals surface area (Å²) in [5, 5.41) is 0. The quantitative estimate of drug-likeness (QED) is 0.676. The predicted molar refractivity (Wildman–Crippen MR) is 59.2 cm³/mol. The van der Waals surface area contributed by atoms with E-state index < -0.39 is 0 Å². The zero-order valence-corrected chi connectivity index (χ0v) is 9.08. The predicted octanol–water partition coefficient (Wildman–Crippen LogP) is 2.60. The molecule has 14 heavy (non-hydrogen) atoms. The standard InChI is InChI=1S/C12H17NO/c1-4-13-8-10(3)14-12-6-5-9(2)7-11(12)13/h5-7,10H,4,8H2,1-3H3. The second-order valence-corrected chi connectivity index (χ2v) is 3.94. The fraction of sp³-hybridized carbons (Fsp3) is 0.500. The molecule has 1 aliphatic heterocycles. The Kier molecular flexibility index (Phi) is 2.36. The van der Waals surface area contributed by atoms with Crippen LogP contribution in [0.25, 0.3) is 0 Å². The Morgan fingerprint density at radius 2 is 2.29 bits per heavy atom. The Labute approximate surface area is 85.5 Å². The van der Waals surface area contributed by atoms with Crippen LogP contribution in [0.3, 0.4) is 0 Å². The Balaban J connectivity index is 2.41. The van der Waals surface area contributed by atoms with Gasteiger partial charge in [0.05, 0.1) is 12.2 Å². The van der Waals surface area contributed by atoms with E-state index in [1.807, 2.05) is 0 Å². The summed E-state index contributed by atoms with van der Waals surface area (Å²) in [6, 6.07) is 6.37. The molecule has 0 radical (unpaired) electrons. The third kappa shape index (κ3) is 1.57. The van der Waals surface area contributed by atoms with Crippen molar-refractivity contribution >= 4 is 5.69 Å². The van der Waals surface area contributed by atoms with Gasteiger partial charge in [0.25, 0.3) is 0 Å². The highest BCUT2D eigenvalue weighted by Crippen LogP contribution is 2.33. The molecule has 76 valence electrons. The van der Waals surface area contributed by atoms with Gasteiger partial charge in [-0.1, -0.05) is 6.07 Å². The van der Waals surface area contributed by atoms with Crippen molar-refractivity contribution in [1.29, 1.82) is 0 Å². The number of hydrogen-bond donors (Lipinski definition) is 0. The van der Waals surface area contributed by atoms with Gasteiger partial charge in [-0.25, -0.2) is 0 Å². The van der Waals surface area contributed by atoms with E-state index in [0.717, 1.165) is 18.8 Å². The highest BCUT2D eigenvalue weighted by atomic mass is 16.5. The molecule has 1 unspecified atom stereocenters. The second-order valence-electron chi connectivity index (χ2n) is 3.94. The normalized spacial score (nSPS) is 20.2. The van der Waals surface area contributed by atoms with Gasteiger partial charge >= 0.3 is 0 Å². The van der Waals surface area contributed by atoms with Crippen LogP contribution in [0.2, 0.25) is 0 Å². The van der Waals surface area contributed by atoms with Crippen molar-refractivity contribution in [3.05, 3.63) is 23.8 Å². The molecule has 0 aliphatic carbocycles. The Morgan fingerprint density at radius 3 is 3.00 bits per heavy atom. The minimum atomic E-state index is 0.296. The van der Waals surface area contributed by atoms with Gasteiger partial charge in [0.15, 0.2) is 0 Å². The van der Waals surface area contributed by atoms with Crippen LogP contribution in [0.4, 0.5) is 5.69 Å². The molecule has 0 spiro atoms. The molecule has 0 saturated heterocycles. The van der Waals surface area contributed by atoms with E-state index in [1.165, 1.54) is 11.3 Å². The van der Waals surface area contributed by atoms with E-state index in [2.05, 4.69) is 43.9 Å². The fourth-order valence-corrected chi connectivity index (χ4v) is 1.94. The Morgan fingerprint density at radius 1 is 1.50 bits per heavy atom. The number of ether oxygens (including phenoxy) is 1. The van der Waals surface area contributed by atoms with Crippen molar-refractivity contribution in [1.82, 2.24) is 0 Å². The van der Waals surface area contributed by atoms with Crippen LogP contribution in [0.15, 0.2) is 18.2 Å². The molecule has 1 atom stereocenters. The maximum Gasteiger partial charge on any atom is 0.143 e. The molecular weight excluding hydrogens is 174 g/mol. The van der Waals surface area contributed by atoms with Gasteiger partial charge < -0.3 is 9.64 Å². The van der Waals surface area contributed by atoms with Crippen LogP contribution in [-0.2, 0) is 0 Å². The smallest absolute Gasteiger partial charge is 0.143 e. The molecule has 1 aromatic rings. The lowest BCUT2D eigenvalue weighted by Crippen LogP contribution is -2.38. The maximum absolute atomic E-state index is 5.78. The molecule has 1 heterocycles. The molecule has 0 N–H and O–H groups in total. The van der Waals surface area contributed by atoms with E-state index in [4.69, 9.17) is 4.74 Å². The number of rotatable bonds is 1. The Bertz CT molecular complexity index is 335. The highest BCUT2D eigenvalue weighted by molar-refractivity contribution is 5.61. The van der Waals surface area contributed by atoms with Crippen molar-refractivity contribution in [2.45, 2.75) is 26.9 Å². The summed E-state index contributed by atoms with van der Waals surface area (Å²) in [4.78, 5) is 2.37. The summed E-state index contributed by atoms with van der Waals surface area (Å²) in [5.41, 5.74) is 2.53. The molecule has 0 saturated carbocycles. The van der Waals surface area contributed by atoms with Gasteiger partial charge in [-0.2, -0.15) is 0 Å². The van der Waals surface area contributed by atoms with Crippen LogP contribution in [0.5, 0.6) is 5.75 Å². The summed E-state index contributed by atoms with van der Waals surface area (Å²) in [6.45, 7) is 8.46. The van der Waals surface area contributed by atoms with Gasteiger partial charge in [-0.3, -0.25) is 0 Å². The summed E-state index contributed by atoms with van der Waals surface area (Å²) in [6.07, 6.45) is 0.296. The lowest BCUT2D eigenvalue weighted by atomic mass is 10.1. The number of hydrogen-bond acceptors (Lipinski definition) is 2. The van der Waals surface area contributed by atoms with Gasteiger partial charge in [-0.15, -0.1) is 0 Å². The third-order valence-corrected chi connectivity index (χ3v) is 2.64. The van der Waals surface area contributed by atoms with Gasteiger partial charge in [0.2, 0.25) is 0 Å². The van der Waals surface area contributed by atoms with Crippen LogP contribution < -0.4 is 9.64 Å². The number of fused-ring (bicyclic) bond motifs is 1. The van der Waals surface area contributed by atoms with Gasteiger partial charge in [0.1, 0.15) is 11.9 Å². The minimum Gasteiger partial charge on any atom is -0.487 e. The largest absolute Gasteiger partial charge is 0.487 e. The highest BCUT2D eigenvalue weighted by Gasteiger charge is 2.21. The monoisotopic (exact) mass is 191 g/mol. The molecule has 0 amide bonds. The number of benzene rings is 1. The average molecular weight is 191 g/mol. The molecule has 1 aromatic carbocycles. The first kappa shape index (κ1) is 9.38. The van der Waals surface area contributed by atoms with Gasteiger partial charge in [0, 0.05) is 6.54 Å². The second kappa shape index (κ2) is 3.52. The van der Waals surface area contributed by atoms with E-state index in [-0.39, 0.29) is 0 Å². The van der Waals surface area contributed by atoms with Gasteiger partial charge in [-0.05, 0) is 38.5 Å². The molecular formula is C12H17NO. The van der Waals surface area contributed by atoms with Crippen LogP contribution in [0, 0.1) is 6.92 Å². The topological polar surface area (TPSA) is 12.5 Å². The molecule has 0 aromatic heterocycles. The SMILES string of the molecule is CCN1CC(C)Oc2ccc(C)cc21. The maximum atomic E-state index is 5.78. The zero-order valence-electron chi connectivity index (χ0n) is 9.08. The first-order valence-corrected chi connectivity index (χ1v) is 5.23. The first-order chi connectivity index (χ1) is 6.70.